The second kappa shape index (κ2) is 11.9. The lowest BCUT2D eigenvalue weighted by atomic mass is 10.1. The summed E-state index contributed by atoms with van der Waals surface area (Å²) in [4.78, 5) is 0.159. The van der Waals surface area contributed by atoms with Crippen LogP contribution in [0.1, 0.15) is 5.56 Å². The Morgan fingerprint density at radius 1 is 0.968 bits per heavy atom. The number of sulfone groups is 1. The molecule has 2 aromatic carbocycles. The number of nitrogens with zero attached hydrogens (tertiary/aromatic N) is 3. The maximum Gasteiger partial charge on any atom is 0.175 e. The van der Waals surface area contributed by atoms with Crippen LogP contribution >= 0.6 is 11.6 Å². The summed E-state index contributed by atoms with van der Waals surface area (Å²) in [6.45, 7) is 2.75. The van der Waals surface area contributed by atoms with Gasteiger partial charge in [0.15, 0.2) is 28.8 Å². The highest BCUT2D eigenvalue weighted by molar-refractivity contribution is 7.90. The Labute approximate surface area is 194 Å². The summed E-state index contributed by atoms with van der Waals surface area (Å²) in [5.74, 6) is 0. The summed E-state index contributed by atoms with van der Waals surface area (Å²) in [7, 11) is -3.30. The van der Waals surface area contributed by atoms with E-state index in [-0.39, 0.29) is 22.3 Å². The number of pyridine rings is 1. The minimum atomic E-state index is -3.30. The number of halogens is 2. The Morgan fingerprint density at radius 3 is 2.32 bits per heavy atom. The number of azo groups is 1. The van der Waals surface area contributed by atoms with Gasteiger partial charge in [0.2, 0.25) is 0 Å². The zero-order valence-electron chi connectivity index (χ0n) is 17.1. The van der Waals surface area contributed by atoms with Gasteiger partial charge < -0.3 is 17.7 Å². The van der Waals surface area contributed by atoms with Gasteiger partial charge in [0.05, 0.1) is 22.2 Å². The van der Waals surface area contributed by atoms with Crippen molar-refractivity contribution in [2.75, 3.05) is 19.3 Å². The third kappa shape index (κ3) is 8.03. The van der Waals surface area contributed by atoms with Gasteiger partial charge in [-0.15, -0.1) is 5.11 Å². The summed E-state index contributed by atoms with van der Waals surface area (Å²) in [5.41, 5.74) is 2.34. The van der Waals surface area contributed by atoms with Gasteiger partial charge in [-0.2, -0.15) is 5.11 Å². The fourth-order valence-corrected chi connectivity index (χ4v) is 3.72. The van der Waals surface area contributed by atoms with E-state index in [0.29, 0.717) is 11.4 Å². The summed E-state index contributed by atoms with van der Waals surface area (Å²) in [6.07, 6.45) is 6.18. The molecule has 0 aliphatic heterocycles. The number of nitrogens with one attached hydrogen (secondary N) is 1. The standard InChI is InChI=1S/C22H24ClN4O2S.ClH/c1-30(28,29)20-9-10-22(21(23)17-20)26-25-19-7-5-18(6-8-19)11-12-24-13-16-27-14-3-2-4-15-27;/h2-10,14-15,17,24H,11-13,16H2,1H3;1H/q+1;/p-1. The van der Waals surface area contributed by atoms with Gasteiger partial charge in [0, 0.05) is 18.4 Å². The molecule has 0 spiro atoms. The molecule has 3 rings (SSSR count). The lowest BCUT2D eigenvalue weighted by Crippen LogP contribution is -3.00. The monoisotopic (exact) mass is 478 g/mol. The molecule has 1 heterocycles. The van der Waals surface area contributed by atoms with Crippen molar-refractivity contribution in [3.8, 4) is 0 Å². The molecule has 3 aromatic rings. The lowest BCUT2D eigenvalue weighted by Gasteiger charge is -2.04. The summed E-state index contributed by atoms with van der Waals surface area (Å²) < 4.78 is 25.3. The molecule has 0 fully saturated rings. The van der Waals surface area contributed by atoms with Gasteiger partial charge >= 0.3 is 0 Å². The van der Waals surface area contributed by atoms with Crippen LogP contribution in [0.25, 0.3) is 0 Å². The van der Waals surface area contributed by atoms with E-state index in [4.69, 9.17) is 11.6 Å². The highest BCUT2D eigenvalue weighted by Gasteiger charge is 2.09. The first kappa shape index (κ1) is 24.9. The predicted octanol–water partition coefficient (Wildman–Crippen LogP) is 1.28. The fraction of sp³-hybridized carbons (Fsp3) is 0.227. The highest BCUT2D eigenvalue weighted by atomic mass is 35.5. The molecule has 0 amide bonds. The van der Waals surface area contributed by atoms with Gasteiger partial charge in [0.1, 0.15) is 5.69 Å². The van der Waals surface area contributed by atoms with E-state index in [1.807, 2.05) is 42.5 Å². The number of rotatable bonds is 9. The third-order valence-corrected chi connectivity index (χ3v) is 5.88. The van der Waals surface area contributed by atoms with Crippen molar-refractivity contribution in [2.45, 2.75) is 17.9 Å². The quantitative estimate of drug-likeness (QED) is 0.286. The predicted molar refractivity (Wildman–Crippen MR) is 118 cm³/mol. The molecular weight excluding hydrogens is 455 g/mol. The van der Waals surface area contributed by atoms with E-state index in [0.717, 1.165) is 32.3 Å². The number of benzene rings is 2. The van der Waals surface area contributed by atoms with Gasteiger partial charge in [-0.3, -0.25) is 0 Å². The second-order valence-electron chi connectivity index (χ2n) is 6.87. The van der Waals surface area contributed by atoms with Crippen molar-refractivity contribution in [2.24, 2.45) is 10.2 Å². The van der Waals surface area contributed by atoms with Crippen LogP contribution in [0.5, 0.6) is 0 Å². The molecule has 0 aliphatic rings. The first-order valence-electron chi connectivity index (χ1n) is 9.57. The SMILES string of the molecule is CS(=O)(=O)c1ccc(N=Nc2ccc(CCNCC[n+]3ccccc3)cc2)c(Cl)c1.[Cl-]. The average molecular weight is 479 g/mol. The first-order valence-corrected chi connectivity index (χ1v) is 11.8. The Kier molecular flexibility index (Phi) is 9.58. The van der Waals surface area contributed by atoms with Crippen LogP contribution in [0.3, 0.4) is 0 Å². The Morgan fingerprint density at radius 2 is 1.68 bits per heavy atom. The van der Waals surface area contributed by atoms with E-state index in [1.165, 1.54) is 17.7 Å². The van der Waals surface area contributed by atoms with Gasteiger partial charge in [0.25, 0.3) is 0 Å². The molecule has 0 saturated heterocycles. The van der Waals surface area contributed by atoms with Crippen molar-refractivity contribution in [1.29, 1.82) is 0 Å². The van der Waals surface area contributed by atoms with Crippen LogP contribution in [0, 0.1) is 0 Å². The third-order valence-electron chi connectivity index (χ3n) is 4.47. The summed E-state index contributed by atoms with van der Waals surface area (Å²) in [5, 5.41) is 12.0. The maximum absolute atomic E-state index is 11.6. The van der Waals surface area contributed by atoms with Crippen molar-refractivity contribution >= 4 is 32.8 Å². The van der Waals surface area contributed by atoms with Crippen LogP contribution < -0.4 is 22.3 Å². The number of aromatic nitrogens is 1. The van der Waals surface area contributed by atoms with Crippen LogP contribution in [0.2, 0.25) is 5.02 Å². The average Bonchev–Trinajstić information content (AvgIpc) is 2.73. The molecule has 0 saturated carbocycles. The van der Waals surface area contributed by atoms with Gasteiger partial charge in [-0.1, -0.05) is 29.8 Å². The molecule has 31 heavy (non-hydrogen) atoms. The molecule has 1 N–H and O–H groups in total. The smallest absolute Gasteiger partial charge is 0.175 e. The molecule has 0 bridgehead atoms. The molecule has 0 atom stereocenters. The molecular formula is C22H24Cl2N4O2S. The Balaban J connectivity index is 0.00000341. The minimum absolute atomic E-state index is 0. The van der Waals surface area contributed by atoms with Crippen molar-refractivity contribution in [3.05, 3.63) is 83.6 Å². The summed E-state index contributed by atoms with van der Waals surface area (Å²) >= 11 is 6.12. The van der Waals surface area contributed by atoms with Crippen molar-refractivity contribution in [3.63, 3.8) is 0 Å². The zero-order valence-corrected chi connectivity index (χ0v) is 19.4. The van der Waals surface area contributed by atoms with Crippen LogP contribution in [-0.2, 0) is 22.8 Å². The van der Waals surface area contributed by atoms with Crippen molar-refractivity contribution in [1.82, 2.24) is 5.32 Å². The van der Waals surface area contributed by atoms with Crippen LogP contribution in [-0.4, -0.2) is 27.8 Å². The van der Waals surface area contributed by atoms with Gasteiger partial charge in [-0.25, -0.2) is 13.0 Å². The topological polar surface area (TPSA) is 74.8 Å². The number of hydrogen-bond donors (Lipinski definition) is 1. The second-order valence-corrected chi connectivity index (χ2v) is 9.29. The first-order chi connectivity index (χ1) is 14.4. The van der Waals surface area contributed by atoms with E-state index < -0.39 is 9.84 Å². The molecule has 0 radical (unpaired) electrons. The van der Waals surface area contributed by atoms with Gasteiger partial charge in [-0.05, 0) is 48.9 Å². The highest BCUT2D eigenvalue weighted by Crippen LogP contribution is 2.29. The van der Waals surface area contributed by atoms with E-state index in [2.05, 4.69) is 32.5 Å². The Hall–Kier alpha value is -2.32. The molecule has 0 aliphatic carbocycles. The Bertz CT molecular complexity index is 1110. The van der Waals surface area contributed by atoms with Crippen LogP contribution in [0.15, 0.2) is 88.2 Å². The van der Waals surface area contributed by atoms with E-state index in [9.17, 15) is 8.42 Å². The molecule has 0 unspecified atom stereocenters. The molecule has 164 valence electrons. The van der Waals surface area contributed by atoms with Crippen molar-refractivity contribution < 1.29 is 25.4 Å². The zero-order chi connectivity index (χ0) is 21.4. The molecule has 1 aromatic heterocycles. The minimum Gasteiger partial charge on any atom is -1.00 e. The fourth-order valence-electron chi connectivity index (χ4n) is 2.79. The maximum atomic E-state index is 11.6. The summed E-state index contributed by atoms with van der Waals surface area (Å²) in [6, 6.07) is 18.3. The van der Waals surface area contributed by atoms with E-state index >= 15 is 0 Å². The van der Waals surface area contributed by atoms with Crippen LogP contribution in [0.4, 0.5) is 11.4 Å². The normalized spacial score (nSPS) is 11.4. The largest absolute Gasteiger partial charge is 1.00 e. The lowest BCUT2D eigenvalue weighted by molar-refractivity contribution is -0.695. The molecule has 9 heteroatoms. The van der Waals surface area contributed by atoms with E-state index in [1.54, 1.807) is 6.07 Å². The number of hydrogen-bond acceptors (Lipinski definition) is 5. The molecule has 6 nitrogen and oxygen atoms in total.